The molecule has 0 spiro atoms. The van der Waals surface area contributed by atoms with Crippen molar-refractivity contribution in [1.82, 2.24) is 4.90 Å². The summed E-state index contributed by atoms with van der Waals surface area (Å²) in [4.78, 5) is 25.9. The van der Waals surface area contributed by atoms with E-state index in [1.165, 1.54) is 0 Å². The van der Waals surface area contributed by atoms with Crippen molar-refractivity contribution in [2.75, 3.05) is 19.8 Å². The summed E-state index contributed by atoms with van der Waals surface area (Å²) in [6.45, 7) is 3.55. The lowest BCUT2D eigenvalue weighted by Crippen LogP contribution is -2.67. The molecule has 5 rings (SSSR count). The second-order valence-electron chi connectivity index (χ2n) is 7.14. The largest absolute Gasteiger partial charge is 0.444 e. The molecule has 4 aliphatic rings. The third-order valence-corrected chi connectivity index (χ3v) is 4.89. The van der Waals surface area contributed by atoms with Gasteiger partial charge in [0.05, 0.1) is 19.8 Å². The molecule has 1 unspecified atom stereocenters. The molecule has 4 fully saturated rings. The number of likely N-dealkylation sites (tertiary alicyclic amines) is 1. The van der Waals surface area contributed by atoms with Crippen LogP contribution >= 0.6 is 0 Å². The highest BCUT2D eigenvalue weighted by atomic mass is 16.9. The molecule has 0 aromatic heterocycles. The van der Waals surface area contributed by atoms with E-state index in [0.29, 0.717) is 26.2 Å². The molecular weight excluding hydrogens is 326 g/mol. The molecule has 134 valence electrons. The van der Waals surface area contributed by atoms with Crippen LogP contribution in [0.15, 0.2) is 30.3 Å². The lowest BCUT2D eigenvalue weighted by Gasteiger charge is -2.53. The third-order valence-electron chi connectivity index (χ3n) is 4.89. The van der Waals surface area contributed by atoms with Crippen LogP contribution in [0.3, 0.4) is 0 Å². The maximum Gasteiger partial charge on any atom is 0.417 e. The molecule has 1 aromatic rings. The predicted molar refractivity (Wildman–Crippen MR) is 85.2 cm³/mol. The van der Waals surface area contributed by atoms with E-state index in [9.17, 15) is 9.59 Å². The number of nitrogens with zero attached hydrogens (tertiary/aromatic N) is 1. The second kappa shape index (κ2) is 6.09. The number of carbonyl (C=O) groups excluding carboxylic acids is 2. The number of benzene rings is 1. The van der Waals surface area contributed by atoms with Gasteiger partial charge in [0.25, 0.3) is 0 Å². The maximum absolute atomic E-state index is 12.5. The van der Waals surface area contributed by atoms with Gasteiger partial charge in [0.2, 0.25) is 5.91 Å². The highest BCUT2D eigenvalue weighted by Crippen LogP contribution is 2.44. The van der Waals surface area contributed by atoms with Crippen LogP contribution in [-0.4, -0.2) is 48.7 Å². The Morgan fingerprint density at radius 1 is 1.20 bits per heavy atom. The number of fused-ring (bicyclic) bond motifs is 3. The minimum absolute atomic E-state index is 0.101. The molecule has 7 nitrogen and oxygen atoms in total. The predicted octanol–water partition coefficient (Wildman–Crippen LogP) is 2.05. The number of hydrogen-bond acceptors (Lipinski definition) is 6. The van der Waals surface area contributed by atoms with Crippen molar-refractivity contribution < 1.29 is 28.5 Å². The normalized spacial score (nSPS) is 34.4. The number of hydrogen-bond donors (Lipinski definition) is 0. The fourth-order valence-electron chi connectivity index (χ4n) is 3.40. The minimum atomic E-state index is -1.37. The van der Waals surface area contributed by atoms with Crippen molar-refractivity contribution in [2.24, 2.45) is 5.41 Å². The summed E-state index contributed by atoms with van der Waals surface area (Å²) in [7, 11) is 0. The molecule has 0 saturated carbocycles. The number of amides is 2. The molecule has 0 N–H and O–H groups in total. The van der Waals surface area contributed by atoms with Crippen LogP contribution in [0.2, 0.25) is 0 Å². The van der Waals surface area contributed by atoms with Gasteiger partial charge in [-0.1, -0.05) is 37.3 Å². The van der Waals surface area contributed by atoms with Gasteiger partial charge in [-0.05, 0) is 12.0 Å². The zero-order valence-electron chi connectivity index (χ0n) is 14.1. The van der Waals surface area contributed by atoms with Gasteiger partial charge in [-0.2, -0.15) is 0 Å². The van der Waals surface area contributed by atoms with E-state index in [1.807, 2.05) is 37.3 Å². The summed E-state index contributed by atoms with van der Waals surface area (Å²) < 4.78 is 22.7. The molecule has 4 saturated heterocycles. The van der Waals surface area contributed by atoms with Gasteiger partial charge in [-0.25, -0.2) is 9.69 Å². The molecule has 25 heavy (non-hydrogen) atoms. The third kappa shape index (κ3) is 2.92. The fourth-order valence-corrected chi connectivity index (χ4v) is 3.40. The first-order chi connectivity index (χ1) is 12.0. The molecule has 2 amide bonds. The average Bonchev–Trinajstić information content (AvgIpc) is 3.04. The topological polar surface area (TPSA) is 74.3 Å². The highest BCUT2D eigenvalue weighted by Gasteiger charge is 2.60. The van der Waals surface area contributed by atoms with Crippen molar-refractivity contribution in [3.05, 3.63) is 35.9 Å². The van der Waals surface area contributed by atoms with E-state index in [-0.39, 0.29) is 24.3 Å². The van der Waals surface area contributed by atoms with Gasteiger partial charge in [0.1, 0.15) is 12.6 Å². The van der Waals surface area contributed by atoms with E-state index < -0.39 is 18.1 Å². The first kappa shape index (κ1) is 16.5. The summed E-state index contributed by atoms with van der Waals surface area (Å²) >= 11 is 0. The Morgan fingerprint density at radius 2 is 1.84 bits per heavy atom. The van der Waals surface area contributed by atoms with Crippen LogP contribution in [0.4, 0.5) is 4.79 Å². The number of ether oxygens (including phenoxy) is 4. The SMILES string of the molecule is CC12COC(C3CCC(=O)N3C(=O)OCc3ccccc3)(OC1)OC2. The monoisotopic (exact) mass is 347 g/mol. The van der Waals surface area contributed by atoms with E-state index >= 15 is 0 Å². The van der Waals surface area contributed by atoms with E-state index in [1.54, 1.807) is 0 Å². The second-order valence-corrected chi connectivity index (χ2v) is 7.14. The zero-order valence-corrected chi connectivity index (χ0v) is 14.1. The highest BCUT2D eigenvalue weighted by molar-refractivity contribution is 5.94. The Bertz CT molecular complexity index is 651. The van der Waals surface area contributed by atoms with Gasteiger partial charge >= 0.3 is 12.1 Å². The molecule has 0 radical (unpaired) electrons. The van der Waals surface area contributed by atoms with Gasteiger partial charge in [0, 0.05) is 11.8 Å². The van der Waals surface area contributed by atoms with Crippen molar-refractivity contribution in [3.63, 3.8) is 0 Å². The van der Waals surface area contributed by atoms with Crippen molar-refractivity contribution in [1.29, 1.82) is 0 Å². The van der Waals surface area contributed by atoms with Crippen molar-refractivity contribution in [3.8, 4) is 0 Å². The van der Waals surface area contributed by atoms with Gasteiger partial charge in [-0.15, -0.1) is 0 Å². The Hall–Kier alpha value is -1.96. The van der Waals surface area contributed by atoms with Crippen LogP contribution in [-0.2, 0) is 30.3 Å². The molecule has 7 heteroatoms. The van der Waals surface area contributed by atoms with Gasteiger partial charge in [0.15, 0.2) is 0 Å². The number of rotatable bonds is 3. The standard InChI is InChI=1S/C18H21NO6/c1-17-10-23-18(24-11-17,25-12-17)14-7-8-15(20)19(14)16(21)22-9-13-5-3-2-4-6-13/h2-6,14H,7-12H2,1H3. The Kier molecular flexibility index (Phi) is 4.02. The van der Waals surface area contributed by atoms with E-state index in [4.69, 9.17) is 18.9 Å². The quantitative estimate of drug-likeness (QED) is 0.833. The zero-order chi connectivity index (χ0) is 17.5. The lowest BCUT2D eigenvalue weighted by molar-refractivity contribution is -0.477. The first-order valence-electron chi connectivity index (χ1n) is 8.46. The smallest absolute Gasteiger partial charge is 0.417 e. The number of imide groups is 1. The molecular formula is C18H21NO6. The molecule has 1 atom stereocenters. The van der Waals surface area contributed by atoms with E-state index in [0.717, 1.165) is 10.5 Å². The van der Waals surface area contributed by atoms with Crippen molar-refractivity contribution >= 4 is 12.0 Å². The van der Waals surface area contributed by atoms with Gasteiger partial charge in [-0.3, -0.25) is 4.79 Å². The minimum Gasteiger partial charge on any atom is -0.444 e. The Labute approximate surface area is 145 Å². The van der Waals surface area contributed by atoms with Crippen LogP contribution in [0.1, 0.15) is 25.3 Å². The van der Waals surface area contributed by atoms with Crippen LogP contribution in [0, 0.1) is 5.41 Å². The summed E-state index contributed by atoms with van der Waals surface area (Å²) in [5.41, 5.74) is 0.676. The van der Waals surface area contributed by atoms with Crippen LogP contribution in [0.5, 0.6) is 0 Å². The van der Waals surface area contributed by atoms with Gasteiger partial charge < -0.3 is 18.9 Å². The van der Waals surface area contributed by atoms with Crippen molar-refractivity contribution in [2.45, 2.75) is 38.4 Å². The summed E-state index contributed by atoms with van der Waals surface area (Å²) in [5.74, 6) is -1.66. The van der Waals surface area contributed by atoms with Crippen LogP contribution < -0.4 is 0 Å². The summed E-state index contributed by atoms with van der Waals surface area (Å²) in [5, 5.41) is 0. The molecule has 0 aliphatic carbocycles. The summed E-state index contributed by atoms with van der Waals surface area (Å²) in [6, 6.07) is 8.69. The molecule has 4 heterocycles. The maximum atomic E-state index is 12.5. The summed E-state index contributed by atoms with van der Waals surface area (Å²) in [6.07, 6.45) is -0.0312. The molecule has 1 aromatic carbocycles. The first-order valence-corrected chi connectivity index (χ1v) is 8.46. The lowest BCUT2D eigenvalue weighted by atomic mass is 9.91. The van der Waals surface area contributed by atoms with Crippen LogP contribution in [0.25, 0.3) is 0 Å². The Morgan fingerprint density at radius 3 is 2.48 bits per heavy atom. The fraction of sp³-hybridized carbons (Fsp3) is 0.556. The Balaban J connectivity index is 1.47. The molecule has 4 aliphatic heterocycles. The average molecular weight is 347 g/mol. The number of carbonyl (C=O) groups is 2. The molecule has 2 bridgehead atoms. The van der Waals surface area contributed by atoms with E-state index in [2.05, 4.69) is 0 Å².